The Morgan fingerprint density at radius 1 is 1.53 bits per heavy atom. The molecule has 1 aliphatic carbocycles. The number of hydrogen-bond acceptors (Lipinski definition) is 3. The number of carbonyl (C=O) groups is 1. The third kappa shape index (κ3) is 1.84. The fraction of sp³-hybridized carbons (Fsp3) is 0.500. The zero-order valence-corrected chi connectivity index (χ0v) is 8.34. The Balaban J connectivity index is 2.18. The molecule has 0 spiro atoms. The van der Waals surface area contributed by atoms with E-state index in [0.717, 1.165) is 36.9 Å². The number of rotatable bonds is 2. The van der Waals surface area contributed by atoms with Crippen molar-refractivity contribution < 1.29 is 4.79 Å². The average molecular weight is 204 g/mol. The minimum absolute atomic E-state index is 0.0282. The molecule has 0 atom stereocenters. The minimum atomic E-state index is -0.254. The van der Waals surface area contributed by atoms with E-state index in [1.165, 1.54) is 0 Å². The van der Waals surface area contributed by atoms with Crippen molar-refractivity contribution >= 4 is 5.91 Å². The average Bonchev–Trinajstić information content (AvgIpc) is 2.69. The normalized spacial score (nSPS) is 14.1. The predicted octanol–water partition coefficient (Wildman–Crippen LogP) is 0.542. The first-order chi connectivity index (χ1) is 7.33. The van der Waals surface area contributed by atoms with Crippen molar-refractivity contribution in [3.8, 4) is 6.07 Å². The van der Waals surface area contributed by atoms with Gasteiger partial charge in [0, 0.05) is 11.3 Å². The molecule has 1 heterocycles. The molecule has 5 nitrogen and oxygen atoms in total. The lowest BCUT2D eigenvalue weighted by atomic mass is 9.96. The summed E-state index contributed by atoms with van der Waals surface area (Å²) in [7, 11) is 0. The number of amides is 1. The standard InChI is InChI=1S/C10H12N4O/c11-5-6-12-10(15)9-7-3-1-2-4-8(7)13-14-9/h1-4,6H2,(H,12,15)(H,13,14). The van der Waals surface area contributed by atoms with Crippen LogP contribution in [0.3, 0.4) is 0 Å². The molecule has 15 heavy (non-hydrogen) atoms. The van der Waals surface area contributed by atoms with Crippen molar-refractivity contribution in [2.24, 2.45) is 0 Å². The number of nitrogens with one attached hydrogen (secondary N) is 2. The van der Waals surface area contributed by atoms with Gasteiger partial charge in [-0.05, 0) is 25.7 Å². The highest BCUT2D eigenvalue weighted by atomic mass is 16.1. The molecule has 0 aliphatic heterocycles. The van der Waals surface area contributed by atoms with Gasteiger partial charge in [-0.15, -0.1) is 0 Å². The summed E-state index contributed by atoms with van der Waals surface area (Å²) < 4.78 is 0. The molecule has 0 saturated heterocycles. The number of carbonyl (C=O) groups excluding carboxylic acids is 1. The molecule has 2 rings (SSSR count). The van der Waals surface area contributed by atoms with Gasteiger partial charge >= 0.3 is 0 Å². The van der Waals surface area contributed by atoms with Crippen LogP contribution >= 0.6 is 0 Å². The number of nitriles is 1. The van der Waals surface area contributed by atoms with Gasteiger partial charge in [-0.1, -0.05) is 0 Å². The van der Waals surface area contributed by atoms with Crippen LogP contribution in [0.15, 0.2) is 0 Å². The van der Waals surface area contributed by atoms with Crippen molar-refractivity contribution in [2.75, 3.05) is 6.54 Å². The lowest BCUT2D eigenvalue weighted by Gasteiger charge is -2.10. The molecule has 0 aromatic carbocycles. The van der Waals surface area contributed by atoms with Gasteiger partial charge in [0.05, 0.1) is 6.07 Å². The summed E-state index contributed by atoms with van der Waals surface area (Å²) in [4.78, 5) is 11.6. The second-order valence-electron chi connectivity index (χ2n) is 3.58. The van der Waals surface area contributed by atoms with Crippen LogP contribution in [0, 0.1) is 11.3 Å². The van der Waals surface area contributed by atoms with E-state index in [2.05, 4.69) is 15.5 Å². The van der Waals surface area contributed by atoms with Gasteiger partial charge in [0.15, 0.2) is 5.69 Å². The first-order valence-electron chi connectivity index (χ1n) is 5.04. The Morgan fingerprint density at radius 2 is 2.33 bits per heavy atom. The molecule has 2 N–H and O–H groups in total. The Hall–Kier alpha value is -1.83. The van der Waals surface area contributed by atoms with Crippen molar-refractivity contribution in [2.45, 2.75) is 25.7 Å². The summed E-state index contributed by atoms with van der Waals surface area (Å²) >= 11 is 0. The van der Waals surface area contributed by atoms with Crippen LogP contribution in [0.4, 0.5) is 0 Å². The van der Waals surface area contributed by atoms with Gasteiger partial charge in [0.1, 0.15) is 6.54 Å². The van der Waals surface area contributed by atoms with Crippen molar-refractivity contribution in [3.63, 3.8) is 0 Å². The van der Waals surface area contributed by atoms with Crippen LogP contribution in [0.25, 0.3) is 0 Å². The van der Waals surface area contributed by atoms with Gasteiger partial charge in [0.25, 0.3) is 5.91 Å². The van der Waals surface area contributed by atoms with Crippen LogP contribution in [-0.2, 0) is 12.8 Å². The van der Waals surface area contributed by atoms with E-state index < -0.39 is 0 Å². The third-order valence-corrected chi connectivity index (χ3v) is 2.60. The smallest absolute Gasteiger partial charge is 0.272 e. The van der Waals surface area contributed by atoms with Gasteiger partial charge in [0.2, 0.25) is 0 Å². The first kappa shape index (κ1) is 9.71. The summed E-state index contributed by atoms with van der Waals surface area (Å²) in [5, 5.41) is 17.8. The van der Waals surface area contributed by atoms with E-state index in [9.17, 15) is 4.79 Å². The van der Waals surface area contributed by atoms with E-state index in [1.807, 2.05) is 6.07 Å². The molecular formula is C10H12N4O. The van der Waals surface area contributed by atoms with Crippen molar-refractivity contribution in [3.05, 3.63) is 17.0 Å². The zero-order valence-electron chi connectivity index (χ0n) is 8.34. The maximum Gasteiger partial charge on any atom is 0.272 e. The van der Waals surface area contributed by atoms with Crippen LogP contribution in [0.5, 0.6) is 0 Å². The first-order valence-corrected chi connectivity index (χ1v) is 5.04. The molecule has 0 radical (unpaired) electrons. The number of fused-ring (bicyclic) bond motifs is 1. The van der Waals surface area contributed by atoms with Crippen LogP contribution in [0.2, 0.25) is 0 Å². The summed E-state index contributed by atoms with van der Waals surface area (Å²) in [6.07, 6.45) is 4.12. The highest BCUT2D eigenvalue weighted by Crippen LogP contribution is 2.21. The number of aryl methyl sites for hydroxylation is 1. The third-order valence-electron chi connectivity index (χ3n) is 2.60. The lowest BCUT2D eigenvalue weighted by molar-refractivity contribution is 0.0952. The molecule has 0 unspecified atom stereocenters. The van der Waals surface area contributed by atoms with Crippen LogP contribution < -0.4 is 5.32 Å². The van der Waals surface area contributed by atoms with Crippen molar-refractivity contribution in [1.82, 2.24) is 15.5 Å². The van der Waals surface area contributed by atoms with Crippen molar-refractivity contribution in [1.29, 1.82) is 5.26 Å². The van der Waals surface area contributed by atoms with Gasteiger partial charge in [-0.3, -0.25) is 9.89 Å². The fourth-order valence-corrected chi connectivity index (χ4v) is 1.87. The monoisotopic (exact) mass is 204 g/mol. The summed E-state index contributed by atoms with van der Waals surface area (Å²) in [5.74, 6) is -0.254. The summed E-state index contributed by atoms with van der Waals surface area (Å²) in [5.41, 5.74) is 2.56. The Bertz CT molecular complexity index is 416. The van der Waals surface area contributed by atoms with Gasteiger partial charge in [-0.25, -0.2) is 0 Å². The van der Waals surface area contributed by atoms with E-state index in [1.54, 1.807) is 0 Å². The Kier molecular flexibility index (Phi) is 2.68. The highest BCUT2D eigenvalue weighted by Gasteiger charge is 2.20. The topological polar surface area (TPSA) is 81.6 Å². The van der Waals surface area contributed by atoms with E-state index in [4.69, 9.17) is 5.26 Å². The van der Waals surface area contributed by atoms with E-state index in [0.29, 0.717) is 5.69 Å². The Morgan fingerprint density at radius 3 is 3.13 bits per heavy atom. The lowest BCUT2D eigenvalue weighted by Crippen LogP contribution is -2.25. The second-order valence-corrected chi connectivity index (χ2v) is 3.58. The van der Waals surface area contributed by atoms with Gasteiger partial charge in [-0.2, -0.15) is 10.4 Å². The molecule has 1 aromatic rings. The molecule has 1 aromatic heterocycles. The number of aromatic nitrogens is 2. The summed E-state index contributed by atoms with van der Waals surface area (Å²) in [6.45, 7) is 0.0282. The molecule has 0 fully saturated rings. The maximum atomic E-state index is 11.6. The van der Waals surface area contributed by atoms with E-state index in [-0.39, 0.29) is 12.5 Å². The molecule has 1 aliphatic rings. The molecule has 5 heteroatoms. The van der Waals surface area contributed by atoms with Crippen LogP contribution in [0.1, 0.15) is 34.6 Å². The van der Waals surface area contributed by atoms with E-state index >= 15 is 0 Å². The molecule has 0 bridgehead atoms. The second kappa shape index (κ2) is 4.13. The highest BCUT2D eigenvalue weighted by molar-refractivity contribution is 5.94. The molecule has 78 valence electrons. The fourth-order valence-electron chi connectivity index (χ4n) is 1.87. The minimum Gasteiger partial charge on any atom is -0.338 e. The molecule has 0 saturated carbocycles. The number of nitrogens with zero attached hydrogens (tertiary/aromatic N) is 2. The Labute approximate surface area is 87.5 Å². The molecular weight excluding hydrogens is 192 g/mol. The number of hydrogen-bond donors (Lipinski definition) is 2. The number of aromatic amines is 1. The predicted molar refractivity (Wildman–Crippen MR) is 53.2 cm³/mol. The maximum absolute atomic E-state index is 11.6. The number of H-pyrrole nitrogens is 1. The largest absolute Gasteiger partial charge is 0.338 e. The molecule has 1 amide bonds. The summed E-state index contributed by atoms with van der Waals surface area (Å²) in [6, 6.07) is 1.87. The van der Waals surface area contributed by atoms with Gasteiger partial charge < -0.3 is 5.32 Å². The van der Waals surface area contributed by atoms with Crippen LogP contribution in [-0.4, -0.2) is 22.6 Å². The quantitative estimate of drug-likeness (QED) is 0.690. The SMILES string of the molecule is N#CCNC(=O)c1n[nH]c2c1CCCC2. The zero-order chi connectivity index (χ0) is 10.7.